The Bertz CT molecular complexity index is 2490. The molecular weight excluding hydrogens is 1220 g/mol. The number of carbonyl (C=O) groups excluding carboxylic acids is 10. The number of ether oxygens (including phenoxy) is 18. The number of nitrogens with one attached hydrogen (secondary N) is 2. The van der Waals surface area contributed by atoms with E-state index >= 15 is 0 Å². The van der Waals surface area contributed by atoms with Crippen molar-refractivity contribution in [3.63, 3.8) is 0 Å². The van der Waals surface area contributed by atoms with Crippen LogP contribution in [-0.2, 0) is 146 Å². The van der Waals surface area contributed by atoms with E-state index in [1.807, 2.05) is 74.5 Å². The van der Waals surface area contributed by atoms with Gasteiger partial charge in [0.05, 0.1) is 85.3 Å². The number of hydrogen-bond donors (Lipinski definition) is 3. The van der Waals surface area contributed by atoms with Crippen LogP contribution in [-0.4, -0.2) is 238 Å². The number of amides is 1. The zero-order valence-electron chi connectivity index (χ0n) is 53.7. The van der Waals surface area contributed by atoms with E-state index in [1.54, 1.807) is 0 Å². The van der Waals surface area contributed by atoms with Crippen LogP contribution in [0.25, 0.3) is 0 Å². The van der Waals surface area contributed by atoms with Gasteiger partial charge in [0, 0.05) is 61.4 Å². The zero-order chi connectivity index (χ0) is 68.2. The number of rotatable bonds is 38. The molecule has 2 aliphatic rings. The van der Waals surface area contributed by atoms with E-state index in [-0.39, 0.29) is 85.3 Å². The molecule has 2 heterocycles. The summed E-state index contributed by atoms with van der Waals surface area (Å²) in [5, 5.41) is 14.2. The summed E-state index contributed by atoms with van der Waals surface area (Å²) in [6.45, 7) is 16.0. The first-order valence-electron chi connectivity index (χ1n) is 29.4. The summed E-state index contributed by atoms with van der Waals surface area (Å²) in [6.07, 6.45) is -8.91. The van der Waals surface area contributed by atoms with Gasteiger partial charge in [0.1, 0.15) is 57.9 Å². The lowest BCUT2D eigenvalue weighted by atomic mass is 9.95. The molecule has 0 aromatic heterocycles. The summed E-state index contributed by atoms with van der Waals surface area (Å²) in [4.78, 5) is 116. The molecule has 4 rings (SSSR count). The van der Waals surface area contributed by atoms with Crippen molar-refractivity contribution in [2.75, 3.05) is 106 Å². The SMILES string of the molecule is CC(=O)N[C@H]1[C@H](OC(C)=O)O[C@H](COC(C)=O)[C@H](OC(C)=O)[C@@H]1OC(C)=O.CC(=O)OC[C@H]1O[C@@H](OCCOCCOCCOCC(=O)OCc2ccccc2)[C@H](NC(C)C)[C@@H](OC(C)=O)[C@H]1OC(C)=O.O=C(COCCOCCOCCO)OCc1ccccc1. The van der Waals surface area contributed by atoms with E-state index in [0.29, 0.717) is 39.6 Å². The first-order chi connectivity index (χ1) is 43.9. The van der Waals surface area contributed by atoms with Gasteiger partial charge in [-0.05, 0) is 11.1 Å². The Hall–Kier alpha value is -7.30. The molecule has 518 valence electrons. The number of hydrogen-bond acceptors (Lipinski definition) is 30. The quantitative estimate of drug-likeness (QED) is 0.0484. The Morgan fingerprint density at radius 1 is 0.424 bits per heavy atom. The maximum atomic E-state index is 12.0. The second-order valence-corrected chi connectivity index (χ2v) is 20.1. The van der Waals surface area contributed by atoms with Gasteiger partial charge in [-0.3, -0.25) is 38.4 Å². The summed E-state index contributed by atoms with van der Waals surface area (Å²) in [5.74, 6) is -5.95. The highest BCUT2D eigenvalue weighted by Crippen LogP contribution is 2.30. The molecule has 0 radical (unpaired) electrons. The van der Waals surface area contributed by atoms with Crippen molar-refractivity contribution in [2.45, 2.75) is 150 Å². The number of esters is 9. The summed E-state index contributed by atoms with van der Waals surface area (Å²) in [6, 6.07) is 16.9. The van der Waals surface area contributed by atoms with Crippen LogP contribution in [0.3, 0.4) is 0 Å². The van der Waals surface area contributed by atoms with Gasteiger partial charge in [-0.25, -0.2) is 9.59 Å². The Morgan fingerprint density at radius 3 is 1.15 bits per heavy atom. The molecule has 92 heavy (non-hydrogen) atoms. The number of aliphatic hydroxyl groups excluding tert-OH is 1. The maximum absolute atomic E-state index is 12.0. The van der Waals surface area contributed by atoms with Crippen molar-refractivity contribution in [3.8, 4) is 0 Å². The third kappa shape index (κ3) is 37.3. The molecule has 0 saturated carbocycles. The molecule has 3 N–H and O–H groups in total. The average molecular weight is 1320 g/mol. The number of benzene rings is 2. The van der Waals surface area contributed by atoms with E-state index in [1.165, 1.54) is 27.7 Å². The molecule has 1 amide bonds. The van der Waals surface area contributed by atoms with E-state index in [0.717, 1.165) is 38.8 Å². The molecule has 2 aromatic rings. The minimum atomic E-state index is -1.37. The van der Waals surface area contributed by atoms with Gasteiger partial charge in [0.2, 0.25) is 12.2 Å². The highest BCUT2D eigenvalue weighted by atomic mass is 16.7. The normalized spacial score (nSPS) is 20.6. The fourth-order valence-electron chi connectivity index (χ4n) is 8.20. The monoisotopic (exact) mass is 1310 g/mol. The lowest BCUT2D eigenvalue weighted by molar-refractivity contribution is -0.280. The molecule has 10 atom stereocenters. The number of carbonyl (C=O) groups is 10. The summed E-state index contributed by atoms with van der Waals surface area (Å²) >= 11 is 0. The van der Waals surface area contributed by atoms with Crippen LogP contribution >= 0.6 is 0 Å². The van der Waals surface area contributed by atoms with Gasteiger partial charge in [-0.2, -0.15) is 0 Å². The van der Waals surface area contributed by atoms with Gasteiger partial charge in [-0.1, -0.05) is 74.5 Å². The van der Waals surface area contributed by atoms with Gasteiger partial charge in [0.25, 0.3) is 0 Å². The van der Waals surface area contributed by atoms with Crippen molar-refractivity contribution in [3.05, 3.63) is 71.8 Å². The topological polar surface area (TPSA) is 381 Å². The Labute approximate surface area is 534 Å². The third-order valence-electron chi connectivity index (χ3n) is 11.7. The second-order valence-electron chi connectivity index (χ2n) is 20.1. The van der Waals surface area contributed by atoms with Crippen LogP contribution in [0.1, 0.15) is 80.4 Å². The van der Waals surface area contributed by atoms with Crippen LogP contribution < -0.4 is 10.6 Å². The lowest BCUT2D eigenvalue weighted by Crippen LogP contribution is -2.66. The molecule has 0 bridgehead atoms. The van der Waals surface area contributed by atoms with Crippen molar-refractivity contribution in [2.24, 2.45) is 0 Å². The summed E-state index contributed by atoms with van der Waals surface area (Å²) in [7, 11) is 0. The van der Waals surface area contributed by atoms with Crippen molar-refractivity contribution >= 4 is 59.6 Å². The fourth-order valence-corrected chi connectivity index (χ4v) is 8.20. The van der Waals surface area contributed by atoms with E-state index in [9.17, 15) is 47.9 Å². The van der Waals surface area contributed by atoms with Crippen molar-refractivity contribution in [1.29, 1.82) is 0 Å². The van der Waals surface area contributed by atoms with Gasteiger partial charge in [0.15, 0.2) is 30.7 Å². The molecule has 31 nitrogen and oxygen atoms in total. The van der Waals surface area contributed by atoms with Crippen molar-refractivity contribution < 1.29 is 138 Å². The molecule has 31 heteroatoms. The Balaban J connectivity index is 0.000000511. The Kier molecular flexibility index (Phi) is 41.8. The van der Waals surface area contributed by atoms with Crippen LogP contribution in [0.4, 0.5) is 0 Å². The highest BCUT2D eigenvalue weighted by molar-refractivity contribution is 5.74. The van der Waals surface area contributed by atoms with Gasteiger partial charge in [-0.15, -0.1) is 0 Å². The van der Waals surface area contributed by atoms with Crippen LogP contribution in [0.15, 0.2) is 60.7 Å². The van der Waals surface area contributed by atoms with Crippen LogP contribution in [0, 0.1) is 0 Å². The standard InChI is InChI=1S/C30H45NO13.C16H23NO10.C15H22O6/c1-20(2)31-27-29(43-23(5)34)28(42-22(4)33)25(18-40-21(3)32)44-30(27)39-16-15-37-12-11-36-13-14-38-19-26(35)41-17-24-9-7-6-8-10-24;1-7(18)17-13-15(25-10(4)21)14(24-9(3)20)12(6-23-8(2)19)27-16(13)26-11(5)22;16-6-7-18-8-9-19-10-11-20-13-15(17)21-12-14-4-2-1-3-5-14/h6-10,20,25,27-31H,11-19H2,1-5H3;12-16H,6H2,1-5H3,(H,17,18);1-5,16H,6-13H2/t25-,27-,28+,29-,30-;12-,13-,14+,15-,16-;/m11./s1. The zero-order valence-corrected chi connectivity index (χ0v) is 53.7. The maximum Gasteiger partial charge on any atom is 0.332 e. The number of aliphatic hydroxyl groups is 1. The predicted molar refractivity (Wildman–Crippen MR) is 315 cm³/mol. The van der Waals surface area contributed by atoms with E-state index < -0.39 is 121 Å². The van der Waals surface area contributed by atoms with Gasteiger partial charge >= 0.3 is 53.7 Å². The summed E-state index contributed by atoms with van der Waals surface area (Å²) < 4.78 is 95.9. The van der Waals surface area contributed by atoms with Crippen molar-refractivity contribution in [1.82, 2.24) is 10.6 Å². The molecular formula is C61H90N2O29. The molecule has 0 spiro atoms. The lowest BCUT2D eigenvalue weighted by Gasteiger charge is -2.45. The molecule has 2 saturated heterocycles. The first-order valence-corrected chi connectivity index (χ1v) is 29.4. The third-order valence-corrected chi connectivity index (χ3v) is 11.7. The average Bonchev–Trinajstić information content (AvgIpc) is 0.814. The van der Waals surface area contributed by atoms with Gasteiger partial charge < -0.3 is 101 Å². The molecule has 0 aliphatic carbocycles. The summed E-state index contributed by atoms with van der Waals surface area (Å²) in [5.41, 5.74) is 1.84. The largest absolute Gasteiger partial charge is 0.463 e. The van der Waals surface area contributed by atoms with Crippen LogP contribution in [0.5, 0.6) is 0 Å². The van der Waals surface area contributed by atoms with Crippen LogP contribution in [0.2, 0.25) is 0 Å². The Morgan fingerprint density at radius 2 is 0.783 bits per heavy atom. The molecule has 2 aliphatic heterocycles. The first kappa shape index (κ1) is 80.8. The molecule has 2 fully saturated rings. The molecule has 0 unspecified atom stereocenters. The van der Waals surface area contributed by atoms with E-state index in [2.05, 4.69) is 10.6 Å². The second kappa shape index (κ2) is 47.6. The van der Waals surface area contributed by atoms with E-state index in [4.69, 9.17) is 90.4 Å². The smallest absolute Gasteiger partial charge is 0.332 e. The predicted octanol–water partition coefficient (Wildman–Crippen LogP) is 1.29. The highest BCUT2D eigenvalue weighted by Gasteiger charge is 2.53. The minimum Gasteiger partial charge on any atom is -0.463 e. The fraction of sp³-hybridized carbons (Fsp3) is 0.639. The minimum absolute atomic E-state index is 0.00814. The molecule has 2 aromatic carbocycles.